The van der Waals surface area contributed by atoms with Gasteiger partial charge in [0.2, 0.25) is 0 Å². The summed E-state index contributed by atoms with van der Waals surface area (Å²) in [5, 5.41) is 3.93. The minimum absolute atomic E-state index is 0.00350. The summed E-state index contributed by atoms with van der Waals surface area (Å²) in [5.74, 6) is -0.131. The Balaban J connectivity index is 1.81. The molecule has 3 aromatic carbocycles. The Kier molecular flexibility index (Phi) is 9.87. The van der Waals surface area contributed by atoms with Crippen molar-refractivity contribution in [3.8, 4) is 17.2 Å². The summed E-state index contributed by atoms with van der Waals surface area (Å²) in [6, 6.07) is 17.5. The predicted octanol–water partition coefficient (Wildman–Crippen LogP) is 2.91. The SMILES string of the molecule is COC(=O)COc1ccc(/C=N/NC(=O)CN(c2cc(OC)ccc2OC)S(=O)(=O)c2ccc(C)cc2)cc1. The van der Waals surface area contributed by atoms with E-state index in [0.29, 0.717) is 17.1 Å². The molecular formula is C27H29N3O8S. The minimum atomic E-state index is -4.18. The third-order valence-electron chi connectivity index (χ3n) is 5.42. The van der Waals surface area contributed by atoms with Crippen molar-refractivity contribution in [2.45, 2.75) is 11.8 Å². The number of carbonyl (C=O) groups excluding carboxylic acids is 2. The van der Waals surface area contributed by atoms with Crippen molar-refractivity contribution in [1.82, 2.24) is 5.43 Å². The van der Waals surface area contributed by atoms with Crippen LogP contribution >= 0.6 is 0 Å². The number of rotatable bonds is 12. The highest BCUT2D eigenvalue weighted by Gasteiger charge is 2.30. The molecule has 0 atom stereocenters. The summed E-state index contributed by atoms with van der Waals surface area (Å²) in [5.41, 5.74) is 3.98. The van der Waals surface area contributed by atoms with E-state index >= 15 is 0 Å². The maximum Gasteiger partial charge on any atom is 0.343 e. The molecule has 0 aromatic heterocycles. The smallest absolute Gasteiger partial charge is 0.343 e. The molecule has 0 spiro atoms. The number of nitrogens with zero attached hydrogens (tertiary/aromatic N) is 2. The van der Waals surface area contributed by atoms with Gasteiger partial charge in [0.15, 0.2) is 6.61 Å². The number of aryl methyl sites for hydroxylation is 1. The van der Waals surface area contributed by atoms with Gasteiger partial charge in [-0.2, -0.15) is 5.10 Å². The molecule has 1 N–H and O–H groups in total. The molecule has 206 valence electrons. The van der Waals surface area contributed by atoms with E-state index in [9.17, 15) is 18.0 Å². The van der Waals surface area contributed by atoms with Gasteiger partial charge in [0.05, 0.1) is 38.1 Å². The normalized spacial score (nSPS) is 11.1. The number of carbonyl (C=O) groups is 2. The number of benzene rings is 3. The number of hydrogen-bond acceptors (Lipinski definition) is 9. The van der Waals surface area contributed by atoms with Crippen molar-refractivity contribution in [1.29, 1.82) is 0 Å². The first-order valence-corrected chi connectivity index (χ1v) is 13.0. The fourth-order valence-electron chi connectivity index (χ4n) is 3.32. The van der Waals surface area contributed by atoms with E-state index in [1.807, 2.05) is 6.92 Å². The summed E-state index contributed by atoms with van der Waals surface area (Å²) in [6.07, 6.45) is 1.38. The number of amides is 1. The number of ether oxygens (including phenoxy) is 4. The summed E-state index contributed by atoms with van der Waals surface area (Å²) in [7, 11) is -0.0642. The van der Waals surface area contributed by atoms with Gasteiger partial charge >= 0.3 is 5.97 Å². The van der Waals surface area contributed by atoms with Crippen molar-refractivity contribution in [3.05, 3.63) is 77.9 Å². The Labute approximate surface area is 227 Å². The summed E-state index contributed by atoms with van der Waals surface area (Å²) < 4.78 is 48.7. The fraction of sp³-hybridized carbons (Fsp3) is 0.222. The second kappa shape index (κ2) is 13.3. The van der Waals surface area contributed by atoms with Gasteiger partial charge in [0.25, 0.3) is 15.9 Å². The van der Waals surface area contributed by atoms with Crippen molar-refractivity contribution >= 4 is 33.8 Å². The number of hydrogen-bond donors (Lipinski definition) is 1. The molecule has 0 saturated heterocycles. The molecular weight excluding hydrogens is 526 g/mol. The van der Waals surface area contributed by atoms with Gasteiger partial charge in [0, 0.05) is 6.07 Å². The van der Waals surface area contributed by atoms with Gasteiger partial charge in [-0.3, -0.25) is 9.10 Å². The van der Waals surface area contributed by atoms with E-state index in [1.54, 1.807) is 48.5 Å². The summed E-state index contributed by atoms with van der Waals surface area (Å²) in [6.45, 7) is 1.03. The Morgan fingerprint density at radius 1 is 0.923 bits per heavy atom. The minimum Gasteiger partial charge on any atom is -0.497 e. The largest absolute Gasteiger partial charge is 0.497 e. The van der Waals surface area contributed by atoms with Crippen LogP contribution in [0.3, 0.4) is 0 Å². The average molecular weight is 556 g/mol. The van der Waals surface area contributed by atoms with Crippen LogP contribution in [-0.4, -0.2) is 61.0 Å². The molecule has 0 bridgehead atoms. The van der Waals surface area contributed by atoms with E-state index < -0.39 is 28.4 Å². The quantitative estimate of drug-likeness (QED) is 0.205. The van der Waals surface area contributed by atoms with E-state index in [4.69, 9.17) is 14.2 Å². The van der Waals surface area contributed by atoms with Crippen LogP contribution in [0.25, 0.3) is 0 Å². The van der Waals surface area contributed by atoms with Crippen molar-refractivity contribution < 1.29 is 37.0 Å². The molecule has 0 unspecified atom stereocenters. The van der Waals surface area contributed by atoms with Crippen LogP contribution in [0.1, 0.15) is 11.1 Å². The summed E-state index contributed by atoms with van der Waals surface area (Å²) >= 11 is 0. The summed E-state index contributed by atoms with van der Waals surface area (Å²) in [4.78, 5) is 24.1. The number of esters is 1. The first-order valence-electron chi connectivity index (χ1n) is 11.6. The molecule has 0 saturated carbocycles. The number of hydrazone groups is 1. The maximum absolute atomic E-state index is 13.7. The first kappa shape index (κ1) is 29.0. The van der Waals surface area contributed by atoms with E-state index in [-0.39, 0.29) is 22.9 Å². The standard InChI is InChI=1S/C27H29N3O8S/c1-19-5-12-23(13-6-19)39(33,34)30(24-15-22(35-2)11-14-25(24)36-3)17-26(31)29-28-16-20-7-9-21(10-8-20)38-18-27(32)37-4/h5-16H,17-18H2,1-4H3,(H,29,31)/b28-16+. The zero-order chi connectivity index (χ0) is 28.4. The third kappa shape index (κ3) is 7.71. The highest BCUT2D eigenvalue weighted by Crippen LogP contribution is 2.35. The molecule has 3 aromatic rings. The average Bonchev–Trinajstić information content (AvgIpc) is 2.95. The molecule has 39 heavy (non-hydrogen) atoms. The van der Waals surface area contributed by atoms with Gasteiger partial charge in [0.1, 0.15) is 23.8 Å². The lowest BCUT2D eigenvalue weighted by molar-refractivity contribution is -0.142. The first-order chi connectivity index (χ1) is 18.7. The second-order valence-electron chi connectivity index (χ2n) is 8.09. The molecule has 1 amide bonds. The number of anilines is 1. The fourth-order valence-corrected chi connectivity index (χ4v) is 4.75. The molecule has 0 aliphatic carbocycles. The molecule has 3 rings (SSSR count). The van der Waals surface area contributed by atoms with Crippen LogP contribution in [0.2, 0.25) is 0 Å². The van der Waals surface area contributed by atoms with Crippen LogP contribution in [0.15, 0.2) is 76.7 Å². The van der Waals surface area contributed by atoms with Crippen LogP contribution in [0.4, 0.5) is 5.69 Å². The van der Waals surface area contributed by atoms with Gasteiger partial charge in [-0.15, -0.1) is 0 Å². The molecule has 0 aliphatic heterocycles. The lowest BCUT2D eigenvalue weighted by Crippen LogP contribution is -2.39. The number of sulfonamides is 1. The van der Waals surface area contributed by atoms with Crippen molar-refractivity contribution in [2.75, 3.05) is 38.8 Å². The Morgan fingerprint density at radius 3 is 2.21 bits per heavy atom. The van der Waals surface area contributed by atoms with Crippen LogP contribution in [-0.2, 0) is 24.3 Å². The van der Waals surface area contributed by atoms with Crippen LogP contribution < -0.4 is 23.9 Å². The lowest BCUT2D eigenvalue weighted by Gasteiger charge is -2.25. The number of nitrogens with one attached hydrogen (secondary N) is 1. The lowest BCUT2D eigenvalue weighted by atomic mass is 10.2. The molecule has 0 heterocycles. The highest BCUT2D eigenvalue weighted by molar-refractivity contribution is 7.92. The second-order valence-corrected chi connectivity index (χ2v) is 9.95. The van der Waals surface area contributed by atoms with E-state index in [2.05, 4.69) is 15.3 Å². The zero-order valence-electron chi connectivity index (χ0n) is 21.9. The van der Waals surface area contributed by atoms with Gasteiger partial charge in [-0.05, 0) is 61.0 Å². The van der Waals surface area contributed by atoms with Gasteiger partial charge in [-0.1, -0.05) is 17.7 Å². The maximum atomic E-state index is 13.7. The molecule has 11 nitrogen and oxygen atoms in total. The Bertz CT molecular complexity index is 1420. The van der Waals surface area contributed by atoms with E-state index in [1.165, 1.54) is 45.7 Å². The van der Waals surface area contributed by atoms with E-state index in [0.717, 1.165) is 9.87 Å². The zero-order valence-corrected chi connectivity index (χ0v) is 22.7. The van der Waals surface area contributed by atoms with Gasteiger partial charge < -0.3 is 18.9 Å². The third-order valence-corrected chi connectivity index (χ3v) is 7.19. The molecule has 12 heteroatoms. The van der Waals surface area contributed by atoms with Crippen molar-refractivity contribution in [2.24, 2.45) is 5.10 Å². The van der Waals surface area contributed by atoms with Crippen molar-refractivity contribution in [3.63, 3.8) is 0 Å². The Morgan fingerprint density at radius 2 is 1.59 bits per heavy atom. The molecule has 0 radical (unpaired) electrons. The van der Waals surface area contributed by atoms with Gasteiger partial charge in [-0.25, -0.2) is 18.6 Å². The van der Waals surface area contributed by atoms with Crippen LogP contribution in [0.5, 0.6) is 17.2 Å². The monoisotopic (exact) mass is 555 g/mol. The number of methoxy groups -OCH3 is 3. The highest BCUT2D eigenvalue weighted by atomic mass is 32.2. The predicted molar refractivity (Wildman–Crippen MR) is 145 cm³/mol. The topological polar surface area (TPSA) is 133 Å². The van der Waals surface area contributed by atoms with Crippen LogP contribution in [0, 0.1) is 6.92 Å². The Hall–Kier alpha value is -4.58. The molecule has 0 fully saturated rings. The molecule has 0 aliphatic rings.